The molecule has 1 aliphatic rings. The first-order chi connectivity index (χ1) is 17.0. The molecule has 4 aromatic rings. The Morgan fingerprint density at radius 2 is 1.66 bits per heavy atom. The molecule has 0 radical (unpaired) electrons. The topological polar surface area (TPSA) is 88.1 Å². The number of ether oxygens (including phenoxy) is 2. The van der Waals surface area contributed by atoms with Crippen molar-refractivity contribution in [2.75, 3.05) is 18.9 Å². The summed E-state index contributed by atoms with van der Waals surface area (Å²) >= 11 is 6.20. The zero-order valence-corrected chi connectivity index (χ0v) is 19.9. The van der Waals surface area contributed by atoms with Crippen LogP contribution in [0.15, 0.2) is 67.0 Å². The van der Waals surface area contributed by atoms with Crippen LogP contribution in [0.3, 0.4) is 0 Å². The molecule has 182 valence electrons. The van der Waals surface area contributed by atoms with E-state index < -0.39 is 5.67 Å². The Morgan fingerprint density at radius 3 is 2.34 bits per heavy atom. The van der Waals surface area contributed by atoms with E-state index in [9.17, 15) is 0 Å². The first kappa shape index (κ1) is 23.7. The number of benzene rings is 2. The fraction of sp³-hybridized carbons (Fsp3) is 0.346. The van der Waals surface area contributed by atoms with Gasteiger partial charge in [0, 0.05) is 18.4 Å². The molecule has 0 bridgehead atoms. The third kappa shape index (κ3) is 5.29. The molecule has 0 aliphatic heterocycles. The van der Waals surface area contributed by atoms with Crippen LogP contribution in [0, 0.1) is 5.92 Å². The van der Waals surface area contributed by atoms with Gasteiger partial charge in [0.2, 0.25) is 5.95 Å². The molecule has 2 aromatic heterocycles. The lowest BCUT2D eigenvalue weighted by molar-refractivity contribution is -0.0438. The van der Waals surface area contributed by atoms with Gasteiger partial charge >= 0.3 is 0 Å². The minimum Gasteiger partial charge on any atom is -0.376 e. The molecule has 1 aliphatic carbocycles. The number of hydrogen-bond donors (Lipinski definition) is 1. The maximum absolute atomic E-state index is 16.5. The second-order valence-electron chi connectivity index (χ2n) is 9.00. The highest BCUT2D eigenvalue weighted by Crippen LogP contribution is 2.46. The Labute approximate surface area is 208 Å². The number of aromatic nitrogens is 4. The van der Waals surface area contributed by atoms with E-state index in [0.717, 1.165) is 11.1 Å². The number of nitrogen functional groups attached to an aromatic ring is 1. The molecule has 5 rings (SSSR count). The number of rotatable bonds is 9. The fourth-order valence-corrected chi connectivity index (χ4v) is 4.98. The van der Waals surface area contributed by atoms with Crippen LogP contribution < -0.4 is 5.73 Å². The quantitative estimate of drug-likeness (QED) is 0.323. The minimum atomic E-state index is -1.57. The highest BCUT2D eigenvalue weighted by atomic mass is 35.5. The first-order valence-corrected chi connectivity index (χ1v) is 12.0. The molecule has 0 unspecified atom stereocenters. The van der Waals surface area contributed by atoms with Gasteiger partial charge in [-0.3, -0.25) is 0 Å². The Balaban J connectivity index is 1.33. The predicted octanol–water partition coefficient (Wildman–Crippen LogP) is 5.15. The molecule has 0 spiro atoms. The third-order valence-electron chi connectivity index (χ3n) is 6.54. The largest absolute Gasteiger partial charge is 0.376 e. The summed E-state index contributed by atoms with van der Waals surface area (Å²) in [4.78, 5) is 12.6. The predicted molar refractivity (Wildman–Crippen MR) is 133 cm³/mol. The van der Waals surface area contributed by atoms with Gasteiger partial charge in [0.25, 0.3) is 0 Å². The standard InChI is InChI=1S/C26H27ClFN5O2/c27-23-22-24(32-25(29)31-23)33(17-30-22)21-11-20(15-34-13-18-7-3-1-4-8-18)26(28,12-21)16-35-14-19-9-5-2-6-10-19/h1-10,17,20-21H,11-16H2,(H2,29,31,32)/t20-,21+,26+/m1/s1. The van der Waals surface area contributed by atoms with Crippen LogP contribution in [0.5, 0.6) is 0 Å². The number of imidazole rings is 1. The number of fused-ring (bicyclic) bond motifs is 1. The van der Waals surface area contributed by atoms with Crippen molar-refractivity contribution in [1.82, 2.24) is 19.5 Å². The van der Waals surface area contributed by atoms with Gasteiger partial charge in [-0.2, -0.15) is 9.97 Å². The zero-order chi connectivity index (χ0) is 24.3. The molecule has 3 atom stereocenters. The maximum Gasteiger partial charge on any atom is 0.223 e. The van der Waals surface area contributed by atoms with Crippen molar-refractivity contribution in [2.45, 2.75) is 37.8 Å². The summed E-state index contributed by atoms with van der Waals surface area (Å²) in [5.74, 6) is -0.304. The average molecular weight is 496 g/mol. The number of alkyl halides is 1. The van der Waals surface area contributed by atoms with Crippen LogP contribution in [-0.4, -0.2) is 38.4 Å². The summed E-state index contributed by atoms with van der Waals surface area (Å²) in [5, 5.41) is 0.185. The molecule has 0 amide bonds. The zero-order valence-electron chi connectivity index (χ0n) is 19.2. The molecule has 2 N–H and O–H groups in total. The minimum absolute atomic E-state index is 0.0255. The molecule has 2 aromatic carbocycles. The molecular formula is C26H27ClFN5O2. The molecule has 9 heteroatoms. The number of nitrogens with two attached hydrogens (primary N) is 1. The van der Waals surface area contributed by atoms with Crippen molar-refractivity contribution in [3.05, 3.63) is 83.3 Å². The van der Waals surface area contributed by atoms with Gasteiger partial charge in [0.05, 0.1) is 32.8 Å². The second-order valence-corrected chi connectivity index (χ2v) is 9.36. The van der Waals surface area contributed by atoms with Crippen molar-refractivity contribution in [1.29, 1.82) is 0 Å². The lowest BCUT2D eigenvalue weighted by atomic mass is 9.94. The molecule has 35 heavy (non-hydrogen) atoms. The van der Waals surface area contributed by atoms with Crippen LogP contribution in [0.25, 0.3) is 11.2 Å². The molecule has 1 fully saturated rings. The van der Waals surface area contributed by atoms with E-state index in [0.29, 0.717) is 30.8 Å². The summed E-state index contributed by atoms with van der Waals surface area (Å²) in [7, 11) is 0. The van der Waals surface area contributed by atoms with E-state index >= 15 is 4.39 Å². The fourth-order valence-electron chi connectivity index (χ4n) is 4.76. The first-order valence-electron chi connectivity index (χ1n) is 11.6. The van der Waals surface area contributed by atoms with E-state index in [4.69, 9.17) is 26.8 Å². The van der Waals surface area contributed by atoms with E-state index in [1.165, 1.54) is 0 Å². The number of halogens is 2. The van der Waals surface area contributed by atoms with Crippen LogP contribution in [0.1, 0.15) is 30.0 Å². The molecule has 7 nitrogen and oxygen atoms in total. The van der Waals surface area contributed by atoms with Gasteiger partial charge in [-0.25, -0.2) is 9.37 Å². The highest BCUT2D eigenvalue weighted by Gasteiger charge is 2.49. The molecule has 0 saturated heterocycles. The molecular weight excluding hydrogens is 469 g/mol. The average Bonchev–Trinajstić information content (AvgIpc) is 3.42. The van der Waals surface area contributed by atoms with E-state index in [1.54, 1.807) is 6.33 Å². The van der Waals surface area contributed by atoms with E-state index in [2.05, 4.69) is 15.0 Å². The summed E-state index contributed by atoms with van der Waals surface area (Å²) in [6, 6.07) is 19.4. The maximum atomic E-state index is 16.5. The van der Waals surface area contributed by atoms with Crippen LogP contribution in [-0.2, 0) is 22.7 Å². The number of hydrogen-bond acceptors (Lipinski definition) is 6. The van der Waals surface area contributed by atoms with E-state index in [-0.39, 0.29) is 42.7 Å². The van der Waals surface area contributed by atoms with Crippen molar-refractivity contribution in [3.8, 4) is 0 Å². The monoisotopic (exact) mass is 495 g/mol. The van der Waals surface area contributed by atoms with Gasteiger partial charge in [-0.15, -0.1) is 0 Å². The Kier molecular flexibility index (Phi) is 6.95. The Hall–Kier alpha value is -3.07. The van der Waals surface area contributed by atoms with Crippen molar-refractivity contribution >= 4 is 28.7 Å². The van der Waals surface area contributed by atoms with Gasteiger partial charge in [0.15, 0.2) is 10.8 Å². The molecule has 2 heterocycles. The second kappa shape index (κ2) is 10.3. The normalized spacial score (nSPS) is 22.1. The van der Waals surface area contributed by atoms with Gasteiger partial charge in [0.1, 0.15) is 11.2 Å². The van der Waals surface area contributed by atoms with Crippen LogP contribution in [0.4, 0.5) is 10.3 Å². The number of anilines is 1. The third-order valence-corrected chi connectivity index (χ3v) is 6.80. The Bertz CT molecular complexity index is 1270. The van der Waals surface area contributed by atoms with E-state index in [1.807, 2.05) is 65.2 Å². The van der Waals surface area contributed by atoms with Crippen molar-refractivity contribution < 1.29 is 13.9 Å². The lowest BCUT2D eigenvalue weighted by Gasteiger charge is -2.27. The summed E-state index contributed by atoms with van der Waals surface area (Å²) in [6.07, 6.45) is 2.43. The lowest BCUT2D eigenvalue weighted by Crippen LogP contribution is -2.36. The van der Waals surface area contributed by atoms with Crippen LogP contribution in [0.2, 0.25) is 5.15 Å². The molecule has 1 saturated carbocycles. The van der Waals surface area contributed by atoms with Gasteiger partial charge < -0.3 is 19.8 Å². The Morgan fingerprint density at radius 1 is 1.00 bits per heavy atom. The van der Waals surface area contributed by atoms with Crippen LogP contribution >= 0.6 is 11.6 Å². The summed E-state index contributed by atoms with van der Waals surface area (Å²) < 4.78 is 30.2. The SMILES string of the molecule is Nc1nc(Cl)c2ncn([C@H]3C[C@H](COCc4ccccc4)[C@@](F)(COCc4ccccc4)C3)c2n1. The highest BCUT2D eigenvalue weighted by molar-refractivity contribution is 6.33. The van der Waals surface area contributed by atoms with Gasteiger partial charge in [-0.1, -0.05) is 72.3 Å². The summed E-state index contributed by atoms with van der Waals surface area (Å²) in [6.45, 7) is 1.03. The smallest absolute Gasteiger partial charge is 0.223 e. The van der Waals surface area contributed by atoms with Gasteiger partial charge in [-0.05, 0) is 17.5 Å². The summed E-state index contributed by atoms with van der Waals surface area (Å²) in [5.41, 5.74) is 7.25. The van der Waals surface area contributed by atoms with Crippen molar-refractivity contribution in [2.24, 2.45) is 5.92 Å². The van der Waals surface area contributed by atoms with Crippen molar-refractivity contribution in [3.63, 3.8) is 0 Å². The number of nitrogens with zero attached hydrogens (tertiary/aromatic N) is 4.